The topological polar surface area (TPSA) is 227 Å². The van der Waals surface area contributed by atoms with Crippen LogP contribution in [0.4, 0.5) is 10.7 Å². The van der Waals surface area contributed by atoms with Gasteiger partial charge < -0.3 is 59.2 Å². The van der Waals surface area contributed by atoms with Crippen LogP contribution >= 0.6 is 0 Å². The fourth-order valence-electron chi connectivity index (χ4n) is 7.77. The second-order valence-electron chi connectivity index (χ2n) is 16.2. The van der Waals surface area contributed by atoms with Crippen molar-refractivity contribution in [3.05, 3.63) is 93.0 Å². The molecule has 2 bridgehead atoms. The number of primary amides is 1. The highest BCUT2D eigenvalue weighted by molar-refractivity contribution is 6.23. The summed E-state index contributed by atoms with van der Waals surface area (Å²) in [6.45, 7) is 10.9. The number of nitrogens with two attached hydrogens (primary N) is 1. The van der Waals surface area contributed by atoms with Gasteiger partial charge in [-0.3, -0.25) is 19.2 Å². The van der Waals surface area contributed by atoms with Gasteiger partial charge in [-0.15, -0.1) is 0 Å². The van der Waals surface area contributed by atoms with E-state index in [4.69, 9.17) is 38.6 Å². The van der Waals surface area contributed by atoms with Crippen LogP contribution in [0.5, 0.6) is 5.75 Å². The summed E-state index contributed by atoms with van der Waals surface area (Å²) in [5, 5.41) is 17.7. The van der Waals surface area contributed by atoms with Crippen LogP contribution in [0.2, 0.25) is 0 Å². The number of amides is 2. The monoisotopic (exact) mass is 890 g/mol. The molecule has 3 aliphatic rings. The van der Waals surface area contributed by atoms with Crippen molar-refractivity contribution in [3.8, 4) is 5.75 Å². The molecule has 1 unspecified atom stereocenters. The Morgan fingerprint density at radius 3 is 2.48 bits per heavy atom. The highest BCUT2D eigenvalue weighted by Crippen LogP contribution is 2.29. The van der Waals surface area contributed by atoms with E-state index in [1.165, 1.54) is 26.4 Å². The maximum atomic E-state index is 14.0. The minimum absolute atomic E-state index is 0.121. The molecular formula is C47H62N4O13. The van der Waals surface area contributed by atoms with E-state index >= 15 is 0 Å². The molecule has 5 N–H and O–H groups in total. The van der Waals surface area contributed by atoms with E-state index in [-0.39, 0.29) is 40.3 Å². The summed E-state index contributed by atoms with van der Waals surface area (Å²) in [4.78, 5) is 67.6. The van der Waals surface area contributed by atoms with E-state index in [0.29, 0.717) is 100 Å². The molecule has 0 spiro atoms. The van der Waals surface area contributed by atoms with Gasteiger partial charge in [0.05, 0.1) is 48.8 Å². The van der Waals surface area contributed by atoms with Crippen LogP contribution in [0.15, 0.2) is 92.0 Å². The number of benzene rings is 1. The number of anilines is 1. The van der Waals surface area contributed by atoms with Gasteiger partial charge in [-0.1, -0.05) is 38.2 Å². The summed E-state index contributed by atoms with van der Waals surface area (Å²) in [6.07, 6.45) is 4.64. The zero-order chi connectivity index (χ0) is 46.3. The van der Waals surface area contributed by atoms with Gasteiger partial charge in [0.25, 0.3) is 5.91 Å². The summed E-state index contributed by atoms with van der Waals surface area (Å²) in [7, 11) is 2.92. The first-order valence-corrected chi connectivity index (χ1v) is 21.6. The Morgan fingerprint density at radius 1 is 1.02 bits per heavy atom. The van der Waals surface area contributed by atoms with E-state index in [0.717, 1.165) is 6.08 Å². The number of ketones is 2. The van der Waals surface area contributed by atoms with Crippen molar-refractivity contribution in [2.75, 3.05) is 71.8 Å². The molecule has 1 aromatic carbocycles. The summed E-state index contributed by atoms with van der Waals surface area (Å²) in [5.41, 5.74) is 6.72. The lowest BCUT2D eigenvalue weighted by atomic mass is 9.85. The molecule has 1 saturated heterocycles. The van der Waals surface area contributed by atoms with Crippen molar-refractivity contribution in [2.24, 2.45) is 17.6 Å². The lowest BCUT2D eigenvalue weighted by molar-refractivity contribution is -0.120. The standard InChI is InChI=1S/C47H62N4O13/c1-28-22-34-42(49-14-8-17-60-18-9-19-62-32-12-13-33-36(52)27-41(63-39(33)25-32)51-15-20-61-21-16-51)37(53)26-35(44(34)55)50-46(56)29(2)10-7-11-38(58-5)45(64-47(48)57)31(4)24-30(3)43(54)40(23-28)59-6/h7,10-13,24-28,30,38,40,43,45,49,54H,8-9,14-23H2,1-6H3,(H2,48,57)(H,50,56)/b11-7-,29-10+,31-24+/t28-,30+,38?,40+,43-,45+/m1/s1. The molecular weight excluding hydrogens is 829 g/mol. The molecule has 5 rings (SSSR count). The van der Waals surface area contributed by atoms with Crippen molar-refractivity contribution < 1.29 is 57.1 Å². The predicted molar refractivity (Wildman–Crippen MR) is 239 cm³/mol. The van der Waals surface area contributed by atoms with Crippen molar-refractivity contribution in [1.29, 1.82) is 0 Å². The van der Waals surface area contributed by atoms with E-state index in [2.05, 4.69) is 10.6 Å². The first kappa shape index (κ1) is 49.4. The van der Waals surface area contributed by atoms with E-state index in [1.807, 2.05) is 11.8 Å². The second kappa shape index (κ2) is 23.9. The molecule has 2 aliphatic heterocycles. The van der Waals surface area contributed by atoms with Gasteiger partial charge in [-0.2, -0.15) is 0 Å². The normalized spacial score (nSPS) is 26.3. The van der Waals surface area contributed by atoms with E-state index in [9.17, 15) is 29.1 Å². The minimum Gasteiger partial charge on any atom is -0.493 e. The zero-order valence-corrected chi connectivity index (χ0v) is 37.5. The third-order valence-electron chi connectivity index (χ3n) is 11.3. The number of Topliss-reactive ketones (excluding diaryl/α,β-unsaturated/α-hetero) is 1. The largest absolute Gasteiger partial charge is 0.493 e. The smallest absolute Gasteiger partial charge is 0.405 e. The summed E-state index contributed by atoms with van der Waals surface area (Å²) >= 11 is 0. The molecule has 0 radical (unpaired) electrons. The average molecular weight is 891 g/mol. The maximum absolute atomic E-state index is 14.0. The molecule has 1 aromatic heterocycles. The number of aliphatic hydroxyl groups excluding tert-OH is 1. The molecule has 64 heavy (non-hydrogen) atoms. The van der Waals surface area contributed by atoms with Crippen LogP contribution in [-0.4, -0.2) is 120 Å². The number of rotatable bonds is 14. The second-order valence-corrected chi connectivity index (χ2v) is 16.2. The number of morpholine rings is 1. The SMILES string of the molecule is COC1/C=C\C=C(/C)C(=O)NC2=CC(=O)C(NCCCOCCCOc3ccc4c(=O)cc(N5CCOCC5)oc4c3)=C(C[C@@H](C)C[C@H](OC)[C@H](O)[C@@H](C)/C=C(\C)[C@@H]1OC(N)=O)C2=O. The summed E-state index contributed by atoms with van der Waals surface area (Å²) in [5.74, 6) is -1.23. The van der Waals surface area contributed by atoms with Crippen molar-refractivity contribution >= 4 is 40.4 Å². The van der Waals surface area contributed by atoms with Crippen LogP contribution < -0.4 is 31.4 Å². The first-order valence-electron chi connectivity index (χ1n) is 21.6. The molecule has 3 heterocycles. The fraction of sp³-hybridized carbons (Fsp3) is 0.511. The number of carbonyl (C=O) groups excluding carboxylic acids is 4. The fourth-order valence-corrected chi connectivity index (χ4v) is 7.77. The van der Waals surface area contributed by atoms with Gasteiger partial charge in [-0.25, -0.2) is 4.79 Å². The Labute approximate surface area is 373 Å². The van der Waals surface area contributed by atoms with Crippen LogP contribution in [0.1, 0.15) is 53.4 Å². The van der Waals surface area contributed by atoms with Gasteiger partial charge in [0, 0.05) is 88.8 Å². The lowest BCUT2D eigenvalue weighted by Gasteiger charge is -2.30. The van der Waals surface area contributed by atoms with Gasteiger partial charge in [0.1, 0.15) is 17.4 Å². The molecule has 6 atom stereocenters. The quantitative estimate of drug-likeness (QED) is 0.119. The van der Waals surface area contributed by atoms with E-state index in [1.54, 1.807) is 57.2 Å². The maximum Gasteiger partial charge on any atom is 0.405 e. The third kappa shape index (κ3) is 13.5. The van der Waals surface area contributed by atoms with E-state index < -0.39 is 53.9 Å². The van der Waals surface area contributed by atoms with Gasteiger partial charge >= 0.3 is 6.09 Å². The Bertz CT molecular complexity index is 2200. The Morgan fingerprint density at radius 2 is 1.77 bits per heavy atom. The molecule has 2 aromatic rings. The number of methoxy groups -OCH3 is 2. The van der Waals surface area contributed by atoms with Crippen molar-refractivity contribution in [2.45, 2.75) is 77.8 Å². The van der Waals surface area contributed by atoms with Gasteiger partial charge in [0.15, 0.2) is 17.4 Å². The first-order chi connectivity index (χ1) is 30.7. The van der Waals surface area contributed by atoms with Crippen molar-refractivity contribution in [3.63, 3.8) is 0 Å². The highest BCUT2D eigenvalue weighted by Gasteiger charge is 2.33. The Kier molecular flexibility index (Phi) is 18.5. The number of nitrogens with zero attached hydrogens (tertiary/aromatic N) is 1. The molecule has 2 amide bonds. The van der Waals surface area contributed by atoms with Crippen LogP contribution in [-0.2, 0) is 38.1 Å². The molecule has 17 heteroatoms. The lowest BCUT2D eigenvalue weighted by Crippen LogP contribution is -2.38. The van der Waals surface area contributed by atoms with Crippen LogP contribution in [0, 0.1) is 11.8 Å². The number of ether oxygens (including phenoxy) is 6. The summed E-state index contributed by atoms with van der Waals surface area (Å²) < 4.78 is 40.0. The molecule has 1 aliphatic carbocycles. The number of allylic oxidation sites excluding steroid dienone is 4. The number of aliphatic hydroxyl groups is 1. The minimum atomic E-state index is -1.01. The van der Waals surface area contributed by atoms with Crippen molar-refractivity contribution in [1.82, 2.24) is 10.6 Å². The van der Waals surface area contributed by atoms with Gasteiger partial charge in [0.2, 0.25) is 11.6 Å². The number of hydrogen-bond donors (Lipinski definition) is 4. The molecule has 348 valence electrons. The third-order valence-corrected chi connectivity index (χ3v) is 11.3. The number of fused-ring (bicyclic) bond motifs is 3. The number of carbonyl (C=O) groups is 4. The van der Waals surface area contributed by atoms with Crippen LogP contribution in [0.3, 0.4) is 0 Å². The Hall–Kier alpha value is -5.59. The van der Waals surface area contributed by atoms with Crippen LogP contribution in [0.25, 0.3) is 11.0 Å². The molecule has 17 nitrogen and oxygen atoms in total. The number of hydrogen-bond acceptors (Lipinski definition) is 15. The Balaban J connectivity index is 1.21. The summed E-state index contributed by atoms with van der Waals surface area (Å²) in [6, 6.07) is 6.66. The zero-order valence-electron chi connectivity index (χ0n) is 37.5. The number of nitrogens with one attached hydrogen (secondary N) is 2. The molecule has 0 saturated carbocycles. The van der Waals surface area contributed by atoms with Gasteiger partial charge in [-0.05, 0) is 56.7 Å². The highest BCUT2D eigenvalue weighted by atomic mass is 16.6. The molecule has 1 fully saturated rings. The predicted octanol–water partition coefficient (Wildman–Crippen LogP) is 4.17. The average Bonchev–Trinajstić information content (AvgIpc) is 3.27.